The Morgan fingerprint density at radius 3 is 2.45 bits per heavy atom. The predicted octanol–water partition coefficient (Wildman–Crippen LogP) is 2.04. The van der Waals surface area contributed by atoms with Gasteiger partial charge < -0.3 is 20.5 Å². The van der Waals surface area contributed by atoms with E-state index >= 15 is 0 Å². The minimum atomic E-state index is -0.453. The molecule has 1 saturated carbocycles. The van der Waals surface area contributed by atoms with Gasteiger partial charge in [-0.15, -0.1) is 0 Å². The van der Waals surface area contributed by atoms with Gasteiger partial charge in [-0.2, -0.15) is 0 Å². The third-order valence-electron chi connectivity index (χ3n) is 3.79. The fourth-order valence-electron chi connectivity index (χ4n) is 2.43. The second-order valence-corrected chi connectivity index (χ2v) is 6.97. The molecule has 1 fully saturated rings. The Kier molecular flexibility index (Phi) is 6.27. The molecule has 3 N–H and O–H groups in total. The number of rotatable bonds is 5. The van der Waals surface area contributed by atoms with Crippen LogP contribution in [0.5, 0.6) is 0 Å². The number of amides is 1. The maximum absolute atomic E-state index is 11.7. The quantitative estimate of drug-likeness (QED) is 0.723. The zero-order valence-electron chi connectivity index (χ0n) is 13.4. The van der Waals surface area contributed by atoms with E-state index in [9.17, 15) is 4.79 Å². The second kappa shape index (κ2) is 7.27. The summed E-state index contributed by atoms with van der Waals surface area (Å²) >= 11 is 0. The molecule has 1 amide bonds. The van der Waals surface area contributed by atoms with Gasteiger partial charge in [0.1, 0.15) is 5.60 Å². The molecular formula is C15H30N2O3. The van der Waals surface area contributed by atoms with E-state index in [2.05, 4.69) is 17.6 Å². The van der Waals surface area contributed by atoms with Crippen LogP contribution in [0, 0.1) is 5.92 Å². The lowest BCUT2D eigenvalue weighted by molar-refractivity contribution is 0.0505. The summed E-state index contributed by atoms with van der Waals surface area (Å²) < 4.78 is 5.27. The lowest BCUT2D eigenvalue weighted by Crippen LogP contribution is -2.42. The van der Waals surface area contributed by atoms with Crippen molar-refractivity contribution in [3.63, 3.8) is 0 Å². The average molecular weight is 286 g/mol. The molecular weight excluding hydrogens is 256 g/mol. The molecule has 4 unspecified atom stereocenters. The fraction of sp³-hybridized carbons (Fsp3) is 0.933. The van der Waals surface area contributed by atoms with Crippen LogP contribution in [0.2, 0.25) is 0 Å². The lowest BCUT2D eigenvalue weighted by Gasteiger charge is -2.24. The van der Waals surface area contributed by atoms with Crippen LogP contribution in [0.15, 0.2) is 0 Å². The van der Waals surface area contributed by atoms with Crippen LogP contribution in [0.3, 0.4) is 0 Å². The number of carbonyl (C=O) groups is 1. The summed E-state index contributed by atoms with van der Waals surface area (Å²) in [5, 5.41) is 15.6. The first-order valence-electron chi connectivity index (χ1n) is 7.57. The Balaban J connectivity index is 2.31. The van der Waals surface area contributed by atoms with E-state index in [0.29, 0.717) is 6.04 Å². The SMILES string of the molecule is CC(CO)C(C)NC1CCC(NC(=O)OC(C)(C)C)C1. The van der Waals surface area contributed by atoms with Crippen LogP contribution in [0.1, 0.15) is 53.9 Å². The largest absolute Gasteiger partial charge is 0.444 e. The minimum Gasteiger partial charge on any atom is -0.444 e. The summed E-state index contributed by atoms with van der Waals surface area (Å²) in [4.78, 5) is 11.7. The number of alkyl carbamates (subject to hydrolysis) is 1. The van der Waals surface area contributed by atoms with E-state index < -0.39 is 5.60 Å². The molecule has 5 nitrogen and oxygen atoms in total. The van der Waals surface area contributed by atoms with Crippen molar-refractivity contribution in [2.24, 2.45) is 5.92 Å². The van der Waals surface area contributed by atoms with Crippen LogP contribution in [0.25, 0.3) is 0 Å². The highest BCUT2D eigenvalue weighted by Gasteiger charge is 2.28. The van der Waals surface area contributed by atoms with Crippen LogP contribution in [-0.2, 0) is 4.74 Å². The standard InChI is InChI=1S/C15H30N2O3/c1-10(9-18)11(2)16-12-6-7-13(8-12)17-14(19)20-15(3,4)5/h10-13,16,18H,6-9H2,1-5H3,(H,17,19). The molecule has 0 aliphatic heterocycles. The summed E-state index contributed by atoms with van der Waals surface area (Å²) in [6.07, 6.45) is 2.60. The van der Waals surface area contributed by atoms with Gasteiger partial charge in [0.25, 0.3) is 0 Å². The maximum atomic E-state index is 11.7. The van der Waals surface area contributed by atoms with Crippen molar-refractivity contribution in [1.82, 2.24) is 10.6 Å². The molecule has 0 heterocycles. The highest BCUT2D eigenvalue weighted by molar-refractivity contribution is 5.68. The highest BCUT2D eigenvalue weighted by atomic mass is 16.6. The van der Waals surface area contributed by atoms with Crippen molar-refractivity contribution < 1.29 is 14.6 Å². The molecule has 1 aliphatic rings. The van der Waals surface area contributed by atoms with Gasteiger partial charge in [0.05, 0.1) is 0 Å². The molecule has 1 aliphatic carbocycles. The van der Waals surface area contributed by atoms with E-state index in [-0.39, 0.29) is 30.7 Å². The van der Waals surface area contributed by atoms with Gasteiger partial charge in [-0.3, -0.25) is 0 Å². The summed E-state index contributed by atoms with van der Waals surface area (Å²) in [5.74, 6) is 0.243. The van der Waals surface area contributed by atoms with Gasteiger partial charge in [0.2, 0.25) is 0 Å². The zero-order valence-corrected chi connectivity index (χ0v) is 13.4. The maximum Gasteiger partial charge on any atom is 0.407 e. The molecule has 5 heteroatoms. The Morgan fingerprint density at radius 1 is 1.30 bits per heavy atom. The monoisotopic (exact) mass is 286 g/mol. The Bertz CT molecular complexity index is 315. The summed E-state index contributed by atoms with van der Waals surface area (Å²) in [6.45, 7) is 9.91. The Hall–Kier alpha value is -0.810. The minimum absolute atomic E-state index is 0.180. The smallest absolute Gasteiger partial charge is 0.407 e. The van der Waals surface area contributed by atoms with Crippen LogP contribution >= 0.6 is 0 Å². The van der Waals surface area contributed by atoms with Crippen molar-refractivity contribution in [2.75, 3.05) is 6.61 Å². The van der Waals surface area contributed by atoms with Crippen LogP contribution < -0.4 is 10.6 Å². The lowest BCUT2D eigenvalue weighted by atomic mass is 10.0. The molecule has 0 aromatic rings. The number of carbonyl (C=O) groups excluding carboxylic acids is 1. The van der Waals surface area contributed by atoms with Crippen molar-refractivity contribution >= 4 is 6.09 Å². The van der Waals surface area contributed by atoms with E-state index in [1.807, 2.05) is 27.7 Å². The van der Waals surface area contributed by atoms with E-state index in [1.165, 1.54) is 0 Å². The van der Waals surface area contributed by atoms with E-state index in [0.717, 1.165) is 19.3 Å². The van der Waals surface area contributed by atoms with Crippen molar-refractivity contribution in [2.45, 2.75) is 77.6 Å². The number of nitrogens with one attached hydrogen (secondary N) is 2. The van der Waals surface area contributed by atoms with Crippen molar-refractivity contribution in [3.05, 3.63) is 0 Å². The number of aliphatic hydroxyl groups is 1. The first kappa shape index (κ1) is 17.2. The normalized spacial score (nSPS) is 26.1. The molecule has 0 radical (unpaired) electrons. The molecule has 0 spiro atoms. The summed E-state index contributed by atoms with van der Waals surface area (Å²) in [6, 6.07) is 0.864. The molecule has 0 bridgehead atoms. The van der Waals surface area contributed by atoms with Gasteiger partial charge in [-0.1, -0.05) is 6.92 Å². The molecule has 1 rings (SSSR count). The summed E-state index contributed by atoms with van der Waals surface area (Å²) in [7, 11) is 0. The van der Waals surface area contributed by atoms with Gasteiger partial charge in [0.15, 0.2) is 0 Å². The van der Waals surface area contributed by atoms with Crippen molar-refractivity contribution in [1.29, 1.82) is 0 Å². The Morgan fingerprint density at radius 2 is 1.90 bits per heavy atom. The average Bonchev–Trinajstić information content (AvgIpc) is 2.72. The summed E-state index contributed by atoms with van der Waals surface area (Å²) in [5.41, 5.74) is -0.453. The number of ether oxygens (including phenoxy) is 1. The highest BCUT2D eigenvalue weighted by Crippen LogP contribution is 2.21. The molecule has 0 aromatic carbocycles. The van der Waals surface area contributed by atoms with E-state index in [4.69, 9.17) is 9.84 Å². The predicted molar refractivity (Wildman–Crippen MR) is 79.6 cm³/mol. The third-order valence-corrected chi connectivity index (χ3v) is 3.79. The molecule has 0 aromatic heterocycles. The molecule has 4 atom stereocenters. The number of hydrogen-bond donors (Lipinski definition) is 3. The number of aliphatic hydroxyl groups excluding tert-OH is 1. The Labute approximate surface area is 122 Å². The van der Waals surface area contributed by atoms with Crippen molar-refractivity contribution in [3.8, 4) is 0 Å². The third kappa shape index (κ3) is 6.09. The van der Waals surface area contributed by atoms with Gasteiger partial charge in [-0.05, 0) is 52.9 Å². The molecule has 20 heavy (non-hydrogen) atoms. The van der Waals surface area contributed by atoms with Gasteiger partial charge in [0, 0.05) is 24.7 Å². The number of hydrogen-bond acceptors (Lipinski definition) is 4. The van der Waals surface area contributed by atoms with Crippen LogP contribution in [-0.4, -0.2) is 41.5 Å². The fourth-order valence-corrected chi connectivity index (χ4v) is 2.43. The molecule has 118 valence electrons. The van der Waals surface area contributed by atoms with Gasteiger partial charge >= 0.3 is 6.09 Å². The molecule has 0 saturated heterocycles. The first-order valence-corrected chi connectivity index (χ1v) is 7.57. The topological polar surface area (TPSA) is 70.6 Å². The van der Waals surface area contributed by atoms with Gasteiger partial charge in [-0.25, -0.2) is 4.79 Å². The zero-order chi connectivity index (χ0) is 15.3. The first-order chi connectivity index (χ1) is 9.21. The van der Waals surface area contributed by atoms with E-state index in [1.54, 1.807) is 0 Å². The van der Waals surface area contributed by atoms with Crippen LogP contribution in [0.4, 0.5) is 4.79 Å². The second-order valence-electron chi connectivity index (χ2n) is 6.97.